The highest BCUT2D eigenvalue weighted by molar-refractivity contribution is 7.13. The molecule has 0 aromatic carbocycles. The van der Waals surface area contributed by atoms with Crippen molar-refractivity contribution in [3.63, 3.8) is 0 Å². The van der Waals surface area contributed by atoms with Crippen LogP contribution in [0.4, 0.5) is 5.13 Å². The Hall–Kier alpha value is -2.15. The van der Waals surface area contributed by atoms with E-state index < -0.39 is 5.91 Å². The zero-order valence-electron chi connectivity index (χ0n) is 8.78. The van der Waals surface area contributed by atoms with Gasteiger partial charge in [-0.15, -0.1) is 11.3 Å². The number of primary amides is 1. The number of fused-ring (bicyclic) bond motifs is 1. The number of nitrogens with two attached hydrogens (primary N) is 1. The van der Waals surface area contributed by atoms with Crippen LogP contribution in [0, 0.1) is 0 Å². The molecular formula is C10H9N5OS. The molecule has 0 aliphatic carbocycles. The zero-order chi connectivity index (χ0) is 11.8. The number of thiazole rings is 1. The minimum atomic E-state index is -0.435. The fraction of sp³-hybridized carbons (Fsp3) is 0.100. The summed E-state index contributed by atoms with van der Waals surface area (Å²) < 4.78 is 1.66. The van der Waals surface area contributed by atoms with Crippen LogP contribution in [0.25, 0.3) is 0 Å². The number of carbonyl (C=O) groups excluding carboxylic acids is 1. The van der Waals surface area contributed by atoms with E-state index in [4.69, 9.17) is 5.73 Å². The quantitative estimate of drug-likeness (QED) is 0.854. The van der Waals surface area contributed by atoms with E-state index >= 15 is 0 Å². The Bertz CT molecular complexity index is 586. The summed E-state index contributed by atoms with van der Waals surface area (Å²) in [7, 11) is 0. The predicted molar refractivity (Wildman–Crippen MR) is 65.1 cm³/mol. The predicted octanol–water partition coefficient (Wildman–Crippen LogP) is 0.855. The third kappa shape index (κ3) is 1.60. The first-order valence-corrected chi connectivity index (χ1v) is 5.84. The van der Waals surface area contributed by atoms with Crippen LogP contribution in [0.15, 0.2) is 28.9 Å². The SMILES string of the molecule is NC(=O)c1ccn2c1CN(c1nccs1)C=N2. The molecule has 6 nitrogen and oxygen atoms in total. The number of amides is 1. The Balaban J connectivity index is 1.99. The normalized spacial score (nSPS) is 13.8. The highest BCUT2D eigenvalue weighted by Crippen LogP contribution is 2.23. The Morgan fingerprint density at radius 3 is 3.12 bits per heavy atom. The number of hydrogen-bond acceptors (Lipinski definition) is 5. The van der Waals surface area contributed by atoms with E-state index in [1.165, 1.54) is 11.3 Å². The molecule has 1 amide bonds. The molecule has 1 aliphatic rings. The number of rotatable bonds is 2. The van der Waals surface area contributed by atoms with Crippen LogP contribution in [0.3, 0.4) is 0 Å². The molecule has 0 spiro atoms. The third-order valence-electron chi connectivity index (χ3n) is 2.54. The number of nitrogens with zero attached hydrogens (tertiary/aromatic N) is 4. The average Bonchev–Trinajstić information content (AvgIpc) is 2.97. The first-order chi connectivity index (χ1) is 8.25. The highest BCUT2D eigenvalue weighted by Gasteiger charge is 2.20. The molecule has 3 rings (SSSR count). The summed E-state index contributed by atoms with van der Waals surface area (Å²) in [6, 6.07) is 1.68. The van der Waals surface area contributed by atoms with Crippen molar-refractivity contribution in [3.8, 4) is 0 Å². The van der Waals surface area contributed by atoms with E-state index in [9.17, 15) is 4.79 Å². The van der Waals surface area contributed by atoms with Crippen LogP contribution >= 0.6 is 11.3 Å². The molecule has 0 saturated heterocycles. The molecule has 2 aromatic rings. The minimum Gasteiger partial charge on any atom is -0.366 e. The maximum Gasteiger partial charge on any atom is 0.250 e. The molecule has 7 heteroatoms. The lowest BCUT2D eigenvalue weighted by Crippen LogP contribution is -2.28. The van der Waals surface area contributed by atoms with E-state index in [-0.39, 0.29) is 0 Å². The topological polar surface area (TPSA) is 76.5 Å². The maximum atomic E-state index is 11.3. The molecule has 1 aliphatic heterocycles. The van der Waals surface area contributed by atoms with Gasteiger partial charge in [-0.3, -0.25) is 4.79 Å². The van der Waals surface area contributed by atoms with Crippen LogP contribution in [-0.2, 0) is 6.54 Å². The molecule has 0 fully saturated rings. The van der Waals surface area contributed by atoms with Crippen molar-refractivity contribution in [2.45, 2.75) is 6.54 Å². The van der Waals surface area contributed by atoms with Gasteiger partial charge in [0.15, 0.2) is 5.13 Å². The van der Waals surface area contributed by atoms with Crippen molar-refractivity contribution in [1.82, 2.24) is 9.66 Å². The van der Waals surface area contributed by atoms with E-state index in [0.29, 0.717) is 12.1 Å². The molecular weight excluding hydrogens is 238 g/mol. The smallest absolute Gasteiger partial charge is 0.250 e. The number of carbonyl (C=O) groups is 1. The lowest BCUT2D eigenvalue weighted by atomic mass is 10.2. The van der Waals surface area contributed by atoms with Crippen molar-refractivity contribution in [1.29, 1.82) is 0 Å². The van der Waals surface area contributed by atoms with Crippen LogP contribution in [0.2, 0.25) is 0 Å². The summed E-state index contributed by atoms with van der Waals surface area (Å²) in [6.07, 6.45) is 5.15. The monoisotopic (exact) mass is 247 g/mol. The molecule has 3 heterocycles. The van der Waals surface area contributed by atoms with Crippen molar-refractivity contribution < 1.29 is 4.79 Å². The van der Waals surface area contributed by atoms with Crippen molar-refractivity contribution in [2.24, 2.45) is 10.8 Å². The standard InChI is InChI=1S/C10H9N5OS/c11-9(16)7-1-3-15-8(7)5-14(6-13-15)10-12-2-4-17-10/h1-4,6H,5H2,(H2,11,16). The second-order valence-corrected chi connectivity index (χ2v) is 4.43. The zero-order valence-corrected chi connectivity index (χ0v) is 9.59. The summed E-state index contributed by atoms with van der Waals surface area (Å²) in [5, 5.41) is 6.95. The number of hydrogen-bond donors (Lipinski definition) is 1. The summed E-state index contributed by atoms with van der Waals surface area (Å²) in [5.74, 6) is -0.435. The van der Waals surface area contributed by atoms with Gasteiger partial charge in [-0.2, -0.15) is 5.10 Å². The summed E-state index contributed by atoms with van der Waals surface area (Å²) in [4.78, 5) is 17.3. The Morgan fingerprint density at radius 1 is 1.53 bits per heavy atom. The molecule has 17 heavy (non-hydrogen) atoms. The summed E-state index contributed by atoms with van der Waals surface area (Å²) >= 11 is 1.52. The first-order valence-electron chi connectivity index (χ1n) is 4.96. The second-order valence-electron chi connectivity index (χ2n) is 3.56. The van der Waals surface area contributed by atoms with E-state index in [0.717, 1.165) is 10.8 Å². The lowest BCUT2D eigenvalue weighted by Gasteiger charge is -2.21. The van der Waals surface area contributed by atoms with Crippen molar-refractivity contribution in [3.05, 3.63) is 35.1 Å². The van der Waals surface area contributed by atoms with Crippen LogP contribution in [0.1, 0.15) is 16.1 Å². The molecule has 2 aromatic heterocycles. The van der Waals surface area contributed by atoms with Crippen molar-refractivity contribution >= 4 is 28.7 Å². The summed E-state index contributed by atoms with van der Waals surface area (Å²) in [6.45, 7) is 0.544. The molecule has 0 unspecified atom stereocenters. The van der Waals surface area contributed by atoms with E-state index in [2.05, 4.69) is 10.1 Å². The summed E-state index contributed by atoms with van der Waals surface area (Å²) in [5.41, 5.74) is 6.60. The van der Waals surface area contributed by atoms with E-state index in [1.807, 2.05) is 10.3 Å². The molecule has 0 saturated carbocycles. The molecule has 2 N–H and O–H groups in total. The fourth-order valence-corrected chi connectivity index (χ4v) is 2.35. The molecule has 0 bridgehead atoms. The first kappa shape index (κ1) is 10.0. The van der Waals surface area contributed by atoms with E-state index in [1.54, 1.807) is 29.5 Å². The average molecular weight is 247 g/mol. The molecule has 0 radical (unpaired) electrons. The van der Waals surface area contributed by atoms with Gasteiger partial charge in [-0.05, 0) is 6.07 Å². The Morgan fingerprint density at radius 2 is 2.41 bits per heavy atom. The van der Waals surface area contributed by atoms with Gasteiger partial charge in [-0.1, -0.05) is 0 Å². The van der Waals surface area contributed by atoms with Gasteiger partial charge < -0.3 is 10.6 Å². The highest BCUT2D eigenvalue weighted by atomic mass is 32.1. The van der Waals surface area contributed by atoms with Gasteiger partial charge in [0, 0.05) is 17.8 Å². The molecule has 86 valence electrons. The second kappa shape index (κ2) is 3.70. The Labute approximate surface area is 101 Å². The minimum absolute atomic E-state index is 0.435. The number of anilines is 1. The van der Waals surface area contributed by atoms with Gasteiger partial charge in [0.2, 0.25) is 0 Å². The van der Waals surface area contributed by atoms with Gasteiger partial charge in [0.05, 0.1) is 17.8 Å². The van der Waals surface area contributed by atoms with Gasteiger partial charge >= 0.3 is 0 Å². The van der Waals surface area contributed by atoms with Gasteiger partial charge in [0.1, 0.15) is 6.34 Å². The number of aromatic nitrogens is 2. The lowest BCUT2D eigenvalue weighted by molar-refractivity contribution is 0.0999. The largest absolute Gasteiger partial charge is 0.366 e. The van der Waals surface area contributed by atoms with Crippen LogP contribution < -0.4 is 10.6 Å². The van der Waals surface area contributed by atoms with Gasteiger partial charge in [-0.25, -0.2) is 9.66 Å². The fourth-order valence-electron chi connectivity index (χ4n) is 1.74. The third-order valence-corrected chi connectivity index (χ3v) is 3.34. The van der Waals surface area contributed by atoms with Gasteiger partial charge in [0.25, 0.3) is 5.91 Å². The van der Waals surface area contributed by atoms with Crippen LogP contribution in [0.5, 0.6) is 0 Å². The molecule has 0 atom stereocenters. The Kier molecular flexibility index (Phi) is 2.19. The van der Waals surface area contributed by atoms with Crippen molar-refractivity contribution in [2.75, 3.05) is 4.90 Å². The maximum absolute atomic E-state index is 11.3. The van der Waals surface area contributed by atoms with Crippen LogP contribution in [-0.4, -0.2) is 21.9 Å².